The summed E-state index contributed by atoms with van der Waals surface area (Å²) in [5.41, 5.74) is 5.75. The third kappa shape index (κ3) is 2.54. The van der Waals surface area contributed by atoms with E-state index in [0.717, 1.165) is 25.9 Å². The summed E-state index contributed by atoms with van der Waals surface area (Å²) in [5, 5.41) is 4.78. The minimum absolute atomic E-state index is 0.108. The molecule has 0 saturated heterocycles. The third-order valence-corrected chi connectivity index (χ3v) is 6.03. The van der Waals surface area contributed by atoms with E-state index in [1.165, 1.54) is 24.2 Å². The molecule has 2 atom stereocenters. The summed E-state index contributed by atoms with van der Waals surface area (Å²) in [4.78, 5) is 24.1. The first-order valence-electron chi connectivity index (χ1n) is 7.87. The molecule has 2 aliphatic carbocycles. The number of nitrogens with one attached hydrogen (secondary N) is 1. The SMILES string of the molecule is CCO[C@@H]1C[C@@H](NC(=O)c2cc(C(N)=O)cs2)C12CCCC2. The monoisotopic (exact) mass is 322 g/mol. The van der Waals surface area contributed by atoms with Crippen LogP contribution in [0.2, 0.25) is 0 Å². The largest absolute Gasteiger partial charge is 0.378 e. The Morgan fingerprint density at radius 2 is 2.18 bits per heavy atom. The van der Waals surface area contributed by atoms with Crippen molar-refractivity contribution >= 4 is 23.2 Å². The van der Waals surface area contributed by atoms with Crippen LogP contribution in [0, 0.1) is 5.41 Å². The van der Waals surface area contributed by atoms with Gasteiger partial charge in [0, 0.05) is 23.4 Å². The van der Waals surface area contributed by atoms with Gasteiger partial charge in [0.2, 0.25) is 5.91 Å². The molecule has 0 unspecified atom stereocenters. The molecule has 1 aromatic heterocycles. The molecule has 3 rings (SSSR count). The molecular weight excluding hydrogens is 300 g/mol. The highest BCUT2D eigenvalue weighted by molar-refractivity contribution is 7.12. The Balaban J connectivity index is 1.67. The van der Waals surface area contributed by atoms with Gasteiger partial charge in [0.05, 0.1) is 16.5 Å². The molecule has 0 aliphatic heterocycles. The summed E-state index contributed by atoms with van der Waals surface area (Å²) in [6.07, 6.45) is 5.82. The fourth-order valence-corrected chi connectivity index (χ4v) is 4.70. The number of primary amides is 1. The van der Waals surface area contributed by atoms with Crippen LogP contribution in [0.3, 0.4) is 0 Å². The first kappa shape index (κ1) is 15.5. The molecular formula is C16H22N2O3S. The second-order valence-corrected chi connectivity index (χ2v) is 7.12. The number of hydrogen-bond donors (Lipinski definition) is 2. The van der Waals surface area contributed by atoms with Gasteiger partial charge in [-0.3, -0.25) is 9.59 Å². The Kier molecular flexibility index (Phi) is 4.23. The molecule has 2 fully saturated rings. The van der Waals surface area contributed by atoms with Crippen LogP contribution in [-0.4, -0.2) is 30.6 Å². The highest BCUT2D eigenvalue weighted by Gasteiger charge is 2.57. The van der Waals surface area contributed by atoms with Crippen LogP contribution in [0.25, 0.3) is 0 Å². The summed E-state index contributed by atoms with van der Waals surface area (Å²) in [6.45, 7) is 2.74. The minimum Gasteiger partial charge on any atom is -0.378 e. The van der Waals surface area contributed by atoms with Crippen LogP contribution >= 0.6 is 11.3 Å². The lowest BCUT2D eigenvalue weighted by Crippen LogP contribution is -2.63. The van der Waals surface area contributed by atoms with Crippen molar-refractivity contribution in [2.24, 2.45) is 11.1 Å². The fourth-order valence-electron chi connectivity index (χ4n) is 3.90. The number of carbonyl (C=O) groups excluding carboxylic acids is 2. The molecule has 6 heteroatoms. The number of hydrogen-bond acceptors (Lipinski definition) is 4. The third-order valence-electron chi connectivity index (χ3n) is 5.10. The molecule has 0 bridgehead atoms. The summed E-state index contributed by atoms with van der Waals surface area (Å²) in [7, 11) is 0. The molecule has 2 amide bonds. The van der Waals surface area contributed by atoms with Gasteiger partial charge in [0.1, 0.15) is 0 Å². The Bertz CT molecular complexity index is 578. The van der Waals surface area contributed by atoms with Crippen molar-refractivity contribution in [3.8, 4) is 0 Å². The van der Waals surface area contributed by atoms with Gasteiger partial charge in [-0.05, 0) is 32.3 Å². The first-order chi connectivity index (χ1) is 10.6. The molecule has 0 aromatic carbocycles. The van der Waals surface area contributed by atoms with Crippen LogP contribution < -0.4 is 11.1 Å². The molecule has 120 valence electrons. The van der Waals surface area contributed by atoms with Gasteiger partial charge in [-0.25, -0.2) is 0 Å². The Hall–Kier alpha value is -1.40. The van der Waals surface area contributed by atoms with Crippen LogP contribution in [0.4, 0.5) is 0 Å². The van der Waals surface area contributed by atoms with Crippen molar-refractivity contribution in [2.75, 3.05) is 6.61 Å². The number of carbonyl (C=O) groups is 2. The zero-order valence-electron chi connectivity index (χ0n) is 12.8. The molecule has 1 aromatic rings. The van der Waals surface area contributed by atoms with Gasteiger partial charge in [0.15, 0.2) is 0 Å². The summed E-state index contributed by atoms with van der Waals surface area (Å²) in [6, 6.07) is 1.75. The molecule has 0 radical (unpaired) electrons. The van der Waals surface area contributed by atoms with E-state index in [2.05, 4.69) is 5.32 Å². The molecule has 22 heavy (non-hydrogen) atoms. The zero-order valence-corrected chi connectivity index (χ0v) is 13.6. The van der Waals surface area contributed by atoms with Gasteiger partial charge < -0.3 is 15.8 Å². The summed E-state index contributed by atoms with van der Waals surface area (Å²) in [5.74, 6) is -0.605. The van der Waals surface area contributed by atoms with Gasteiger partial charge in [0.25, 0.3) is 5.91 Å². The number of ether oxygens (including phenoxy) is 1. The first-order valence-corrected chi connectivity index (χ1v) is 8.75. The average molecular weight is 322 g/mol. The maximum atomic E-state index is 12.4. The average Bonchev–Trinajstić information content (AvgIpc) is 3.16. The lowest BCUT2D eigenvalue weighted by Gasteiger charge is -2.54. The van der Waals surface area contributed by atoms with E-state index in [4.69, 9.17) is 10.5 Å². The van der Waals surface area contributed by atoms with Gasteiger partial charge in [-0.1, -0.05) is 12.8 Å². The number of nitrogens with two attached hydrogens (primary N) is 1. The van der Waals surface area contributed by atoms with Crippen molar-refractivity contribution in [1.82, 2.24) is 5.32 Å². The quantitative estimate of drug-likeness (QED) is 0.873. The molecule has 1 heterocycles. The second-order valence-electron chi connectivity index (χ2n) is 6.21. The number of amides is 2. The lowest BCUT2D eigenvalue weighted by molar-refractivity contribution is -0.127. The van der Waals surface area contributed by atoms with E-state index >= 15 is 0 Å². The fraction of sp³-hybridized carbons (Fsp3) is 0.625. The second kappa shape index (κ2) is 6.01. The van der Waals surface area contributed by atoms with Crippen molar-refractivity contribution < 1.29 is 14.3 Å². The van der Waals surface area contributed by atoms with Crippen LogP contribution in [0.1, 0.15) is 59.1 Å². The molecule has 1 spiro atoms. The van der Waals surface area contributed by atoms with Crippen molar-refractivity contribution in [2.45, 2.75) is 51.2 Å². The number of rotatable bonds is 5. The van der Waals surface area contributed by atoms with E-state index < -0.39 is 5.91 Å². The summed E-state index contributed by atoms with van der Waals surface area (Å²) >= 11 is 1.26. The maximum Gasteiger partial charge on any atom is 0.261 e. The predicted molar refractivity (Wildman–Crippen MR) is 85.0 cm³/mol. The van der Waals surface area contributed by atoms with Crippen LogP contribution in [0.5, 0.6) is 0 Å². The lowest BCUT2D eigenvalue weighted by atomic mass is 9.60. The Labute approximate surface area is 134 Å². The van der Waals surface area contributed by atoms with E-state index in [9.17, 15) is 9.59 Å². The highest BCUT2D eigenvalue weighted by Crippen LogP contribution is 2.54. The van der Waals surface area contributed by atoms with Crippen LogP contribution in [-0.2, 0) is 4.74 Å². The van der Waals surface area contributed by atoms with E-state index in [0.29, 0.717) is 10.4 Å². The van der Waals surface area contributed by atoms with Gasteiger partial charge in [-0.2, -0.15) is 0 Å². The summed E-state index contributed by atoms with van der Waals surface area (Å²) < 4.78 is 5.86. The normalized spacial score (nSPS) is 25.9. The molecule has 5 nitrogen and oxygen atoms in total. The van der Waals surface area contributed by atoms with Gasteiger partial charge >= 0.3 is 0 Å². The minimum atomic E-state index is -0.498. The highest BCUT2D eigenvalue weighted by atomic mass is 32.1. The number of thiophene rings is 1. The maximum absolute atomic E-state index is 12.4. The molecule has 2 aliphatic rings. The van der Waals surface area contributed by atoms with Crippen molar-refractivity contribution in [1.29, 1.82) is 0 Å². The smallest absolute Gasteiger partial charge is 0.261 e. The van der Waals surface area contributed by atoms with Crippen LogP contribution in [0.15, 0.2) is 11.4 Å². The van der Waals surface area contributed by atoms with Crippen molar-refractivity contribution in [3.63, 3.8) is 0 Å². The topological polar surface area (TPSA) is 81.4 Å². The zero-order chi connectivity index (χ0) is 15.7. The Morgan fingerprint density at radius 3 is 2.77 bits per heavy atom. The molecule has 3 N–H and O–H groups in total. The standard InChI is InChI=1S/C16H22N2O3S/c1-2-21-13-8-12(16(13)5-3-4-6-16)18-15(20)11-7-10(9-22-11)14(17)19/h7,9,12-13H,2-6,8H2,1H3,(H2,17,19)(H,18,20)/t12-,13-/m1/s1. The molecule has 2 saturated carbocycles. The predicted octanol–water partition coefficient (Wildman–Crippen LogP) is 2.31. The Morgan fingerprint density at radius 1 is 1.45 bits per heavy atom. The van der Waals surface area contributed by atoms with E-state index in [1.54, 1.807) is 11.4 Å². The van der Waals surface area contributed by atoms with Crippen molar-refractivity contribution in [3.05, 3.63) is 21.9 Å². The van der Waals surface area contributed by atoms with E-state index in [-0.39, 0.29) is 23.5 Å². The van der Waals surface area contributed by atoms with E-state index in [1.807, 2.05) is 6.92 Å². The van der Waals surface area contributed by atoms with Gasteiger partial charge in [-0.15, -0.1) is 11.3 Å².